The Morgan fingerprint density at radius 2 is 2.04 bits per heavy atom. The Labute approximate surface area is 168 Å². The summed E-state index contributed by atoms with van der Waals surface area (Å²) in [5.41, 5.74) is 0.668. The quantitative estimate of drug-likeness (QED) is 0.799. The number of para-hydroxylation sites is 1. The summed E-state index contributed by atoms with van der Waals surface area (Å²) in [4.78, 5) is 18.3. The SMILES string of the molecule is CCC[C@H]1CCC[C@H]2[C@@H]3C[C@@H](CN(C(=O)c4cccc5c4OCCO5)C3)CN12. The second-order valence-corrected chi connectivity index (χ2v) is 9.04. The summed E-state index contributed by atoms with van der Waals surface area (Å²) in [6.45, 7) is 6.30. The maximum atomic E-state index is 13.4. The number of piperidine rings is 3. The van der Waals surface area contributed by atoms with Crippen molar-refractivity contribution in [3.8, 4) is 11.5 Å². The lowest BCUT2D eigenvalue weighted by Crippen LogP contribution is -2.62. The third-order valence-electron chi connectivity index (χ3n) is 7.22. The normalized spacial score (nSPS) is 32.0. The Bertz CT molecular complexity index is 735. The minimum Gasteiger partial charge on any atom is -0.486 e. The average molecular weight is 385 g/mol. The Morgan fingerprint density at radius 3 is 2.93 bits per heavy atom. The van der Waals surface area contributed by atoms with Crippen molar-refractivity contribution in [2.75, 3.05) is 32.8 Å². The van der Waals surface area contributed by atoms with Crippen molar-refractivity contribution in [3.63, 3.8) is 0 Å². The van der Waals surface area contributed by atoms with Gasteiger partial charge in [0.15, 0.2) is 11.5 Å². The summed E-state index contributed by atoms with van der Waals surface area (Å²) in [7, 11) is 0. The first kappa shape index (κ1) is 18.3. The molecular weight excluding hydrogens is 352 g/mol. The molecule has 152 valence electrons. The number of benzene rings is 1. The van der Waals surface area contributed by atoms with Crippen LogP contribution in [0.25, 0.3) is 0 Å². The molecule has 2 bridgehead atoms. The Kier molecular flexibility index (Phi) is 4.95. The number of likely N-dealkylation sites (tertiary alicyclic amines) is 1. The lowest BCUT2D eigenvalue weighted by Gasteiger charge is -2.55. The Morgan fingerprint density at radius 1 is 1.14 bits per heavy atom. The van der Waals surface area contributed by atoms with Gasteiger partial charge in [0, 0.05) is 31.7 Å². The van der Waals surface area contributed by atoms with Crippen LogP contribution in [0.15, 0.2) is 18.2 Å². The van der Waals surface area contributed by atoms with Gasteiger partial charge in [0.05, 0.1) is 5.56 Å². The molecular formula is C23H32N2O3. The van der Waals surface area contributed by atoms with Crippen LogP contribution in [0, 0.1) is 11.8 Å². The number of nitrogens with zero attached hydrogens (tertiary/aromatic N) is 2. The van der Waals surface area contributed by atoms with E-state index in [-0.39, 0.29) is 5.91 Å². The van der Waals surface area contributed by atoms with Gasteiger partial charge >= 0.3 is 0 Å². The number of carbonyl (C=O) groups is 1. The van der Waals surface area contributed by atoms with Crippen molar-refractivity contribution < 1.29 is 14.3 Å². The summed E-state index contributed by atoms with van der Waals surface area (Å²) < 4.78 is 11.5. The number of rotatable bonds is 3. The molecule has 4 heterocycles. The van der Waals surface area contributed by atoms with Crippen molar-refractivity contribution in [2.24, 2.45) is 11.8 Å². The zero-order valence-corrected chi connectivity index (χ0v) is 16.9. The molecule has 5 rings (SSSR count). The molecule has 1 aromatic carbocycles. The largest absolute Gasteiger partial charge is 0.486 e. The minimum atomic E-state index is 0.117. The van der Waals surface area contributed by atoms with E-state index in [4.69, 9.17) is 9.47 Å². The molecule has 0 unspecified atom stereocenters. The van der Waals surface area contributed by atoms with Crippen LogP contribution in [-0.2, 0) is 0 Å². The van der Waals surface area contributed by atoms with E-state index in [0.717, 1.165) is 19.1 Å². The fourth-order valence-electron chi connectivity index (χ4n) is 6.13. The van der Waals surface area contributed by atoms with Crippen molar-refractivity contribution >= 4 is 5.91 Å². The molecule has 0 spiro atoms. The highest BCUT2D eigenvalue weighted by Crippen LogP contribution is 2.41. The molecule has 0 aromatic heterocycles. The van der Waals surface area contributed by atoms with Crippen molar-refractivity contribution in [2.45, 2.75) is 57.5 Å². The monoisotopic (exact) mass is 384 g/mol. The molecule has 0 radical (unpaired) electrons. The number of hydrogen-bond donors (Lipinski definition) is 0. The predicted molar refractivity (Wildman–Crippen MR) is 108 cm³/mol. The lowest BCUT2D eigenvalue weighted by atomic mass is 9.74. The maximum Gasteiger partial charge on any atom is 0.257 e. The summed E-state index contributed by atoms with van der Waals surface area (Å²) >= 11 is 0. The predicted octanol–water partition coefficient (Wildman–Crippen LogP) is 3.57. The highest BCUT2D eigenvalue weighted by Gasteiger charge is 2.45. The molecule has 5 nitrogen and oxygen atoms in total. The highest BCUT2D eigenvalue weighted by molar-refractivity contribution is 5.98. The molecule has 3 fully saturated rings. The molecule has 1 aromatic rings. The van der Waals surface area contributed by atoms with Gasteiger partial charge in [-0.15, -0.1) is 0 Å². The first-order valence-corrected chi connectivity index (χ1v) is 11.2. The van der Waals surface area contributed by atoms with Crippen molar-refractivity contribution in [1.29, 1.82) is 0 Å². The van der Waals surface area contributed by atoms with E-state index in [1.54, 1.807) is 0 Å². The summed E-state index contributed by atoms with van der Waals surface area (Å²) in [5.74, 6) is 2.68. The average Bonchev–Trinajstić information content (AvgIpc) is 2.73. The minimum absolute atomic E-state index is 0.117. The first-order valence-electron chi connectivity index (χ1n) is 11.2. The van der Waals surface area contributed by atoms with Gasteiger partial charge < -0.3 is 14.4 Å². The van der Waals surface area contributed by atoms with Crippen LogP contribution in [0.1, 0.15) is 55.8 Å². The van der Waals surface area contributed by atoms with Crippen molar-refractivity contribution in [3.05, 3.63) is 23.8 Å². The van der Waals surface area contributed by atoms with Crippen LogP contribution in [0.3, 0.4) is 0 Å². The van der Waals surface area contributed by atoms with E-state index in [9.17, 15) is 4.79 Å². The molecule has 4 aliphatic heterocycles. The van der Waals surface area contributed by atoms with Gasteiger partial charge in [-0.1, -0.05) is 25.8 Å². The van der Waals surface area contributed by atoms with Crippen LogP contribution in [0.4, 0.5) is 0 Å². The zero-order chi connectivity index (χ0) is 19.1. The third kappa shape index (κ3) is 3.18. The number of ether oxygens (including phenoxy) is 2. The summed E-state index contributed by atoms with van der Waals surface area (Å²) in [6, 6.07) is 7.13. The fraction of sp³-hybridized carbons (Fsp3) is 0.696. The molecule has 4 atom stereocenters. The number of amides is 1. The summed E-state index contributed by atoms with van der Waals surface area (Å²) in [5, 5.41) is 0. The van der Waals surface area contributed by atoms with E-state index in [1.807, 2.05) is 18.2 Å². The zero-order valence-electron chi connectivity index (χ0n) is 16.9. The second kappa shape index (κ2) is 7.58. The van der Waals surface area contributed by atoms with Gasteiger partial charge in [0.1, 0.15) is 13.2 Å². The topological polar surface area (TPSA) is 42.0 Å². The second-order valence-electron chi connectivity index (χ2n) is 9.04. The molecule has 3 saturated heterocycles. The molecule has 0 aliphatic carbocycles. The lowest BCUT2D eigenvalue weighted by molar-refractivity contribution is -0.0519. The molecule has 0 saturated carbocycles. The van der Waals surface area contributed by atoms with E-state index < -0.39 is 0 Å². The molecule has 0 N–H and O–H groups in total. The van der Waals surface area contributed by atoms with Crippen molar-refractivity contribution in [1.82, 2.24) is 9.80 Å². The van der Waals surface area contributed by atoms with E-state index in [1.165, 1.54) is 45.1 Å². The smallest absolute Gasteiger partial charge is 0.257 e. The Balaban J connectivity index is 1.35. The molecule has 28 heavy (non-hydrogen) atoms. The van der Waals surface area contributed by atoms with Gasteiger partial charge in [-0.25, -0.2) is 0 Å². The Hall–Kier alpha value is -1.75. The van der Waals surface area contributed by atoms with E-state index in [0.29, 0.717) is 48.2 Å². The van der Waals surface area contributed by atoms with Crippen LogP contribution >= 0.6 is 0 Å². The van der Waals surface area contributed by atoms with Gasteiger partial charge in [0.25, 0.3) is 5.91 Å². The van der Waals surface area contributed by atoms with Gasteiger partial charge in [-0.05, 0) is 49.7 Å². The van der Waals surface area contributed by atoms with Gasteiger partial charge in [-0.3, -0.25) is 9.69 Å². The highest BCUT2D eigenvalue weighted by atomic mass is 16.6. The van der Waals surface area contributed by atoms with Gasteiger partial charge in [0.2, 0.25) is 0 Å². The number of carbonyl (C=O) groups excluding carboxylic acids is 1. The van der Waals surface area contributed by atoms with Crippen LogP contribution in [0.5, 0.6) is 11.5 Å². The van der Waals surface area contributed by atoms with Crippen LogP contribution < -0.4 is 9.47 Å². The first-order chi connectivity index (χ1) is 13.7. The maximum absolute atomic E-state index is 13.4. The standard InChI is InChI=1S/C23H32N2O3/c1-2-5-18-6-3-8-20-17-12-16(14-25(18)20)13-24(15-17)23(26)19-7-4-9-21-22(19)28-11-10-27-21/h4,7,9,16-18,20H,2-3,5-6,8,10-15H2,1H3/t16-,17+,18-,20-/m0/s1. The summed E-state index contributed by atoms with van der Waals surface area (Å²) in [6.07, 6.45) is 7.90. The molecule has 4 aliphatic rings. The van der Waals surface area contributed by atoms with Crippen LogP contribution in [-0.4, -0.2) is 60.6 Å². The van der Waals surface area contributed by atoms with E-state index in [2.05, 4.69) is 16.7 Å². The molecule has 1 amide bonds. The van der Waals surface area contributed by atoms with Gasteiger partial charge in [-0.2, -0.15) is 0 Å². The number of fused-ring (bicyclic) bond motifs is 5. The van der Waals surface area contributed by atoms with Crippen LogP contribution in [0.2, 0.25) is 0 Å². The molecule has 5 heteroatoms. The number of hydrogen-bond acceptors (Lipinski definition) is 4. The fourth-order valence-corrected chi connectivity index (χ4v) is 6.13. The third-order valence-corrected chi connectivity index (χ3v) is 7.22. The van der Waals surface area contributed by atoms with E-state index >= 15 is 0 Å².